The lowest BCUT2D eigenvalue weighted by Gasteiger charge is -2.06. The highest BCUT2D eigenvalue weighted by Gasteiger charge is 2.13. The Morgan fingerprint density at radius 3 is 2.42 bits per heavy atom. The van der Waals surface area contributed by atoms with Crippen molar-refractivity contribution in [1.29, 1.82) is 0 Å². The summed E-state index contributed by atoms with van der Waals surface area (Å²) in [6.07, 6.45) is 0. The van der Waals surface area contributed by atoms with Crippen LogP contribution < -0.4 is 5.63 Å². The van der Waals surface area contributed by atoms with Crippen molar-refractivity contribution < 1.29 is 19.1 Å². The standard InChI is InChI=1S/C20H16O5S/c1-24-19(22)15-9-7-13(8-10-15)12-26-18-16(21)11-17(25-20(18)23)14-5-3-2-4-6-14/h2-11,21H,12H2,1H3. The van der Waals surface area contributed by atoms with E-state index in [1.165, 1.54) is 24.9 Å². The number of hydrogen-bond donors (Lipinski definition) is 1. The van der Waals surface area contributed by atoms with E-state index < -0.39 is 11.6 Å². The molecule has 3 aromatic rings. The van der Waals surface area contributed by atoms with Gasteiger partial charge in [-0.3, -0.25) is 0 Å². The molecule has 2 aromatic carbocycles. The van der Waals surface area contributed by atoms with Gasteiger partial charge in [-0.15, -0.1) is 11.8 Å². The van der Waals surface area contributed by atoms with Crippen LogP contribution in [-0.4, -0.2) is 18.2 Å². The fourth-order valence-corrected chi connectivity index (χ4v) is 3.23. The predicted octanol–water partition coefficient (Wildman–Crippen LogP) is 4.09. The summed E-state index contributed by atoms with van der Waals surface area (Å²) in [5, 5.41) is 10.2. The maximum atomic E-state index is 12.2. The summed E-state index contributed by atoms with van der Waals surface area (Å²) < 4.78 is 9.98. The first-order valence-corrected chi connectivity index (χ1v) is 8.79. The van der Waals surface area contributed by atoms with Crippen molar-refractivity contribution in [2.45, 2.75) is 10.6 Å². The van der Waals surface area contributed by atoms with Gasteiger partial charge in [-0.05, 0) is 17.7 Å². The van der Waals surface area contributed by atoms with Crippen LogP contribution in [0.5, 0.6) is 5.75 Å². The van der Waals surface area contributed by atoms with E-state index >= 15 is 0 Å². The molecule has 0 amide bonds. The molecule has 0 saturated carbocycles. The number of hydrogen-bond acceptors (Lipinski definition) is 6. The van der Waals surface area contributed by atoms with Gasteiger partial charge in [0.1, 0.15) is 16.4 Å². The zero-order valence-corrected chi connectivity index (χ0v) is 14.8. The Hall–Kier alpha value is -2.99. The summed E-state index contributed by atoms with van der Waals surface area (Å²) in [5.41, 5.74) is 1.49. The Kier molecular flexibility index (Phi) is 5.43. The molecule has 5 nitrogen and oxygen atoms in total. The molecule has 0 radical (unpaired) electrons. The number of ether oxygens (including phenoxy) is 1. The van der Waals surface area contributed by atoms with Crippen LogP contribution >= 0.6 is 11.8 Å². The molecule has 0 aliphatic heterocycles. The first kappa shape index (κ1) is 17.8. The van der Waals surface area contributed by atoms with Crippen LogP contribution in [0, 0.1) is 0 Å². The number of carbonyl (C=O) groups excluding carboxylic acids is 1. The molecule has 26 heavy (non-hydrogen) atoms. The van der Waals surface area contributed by atoms with Gasteiger partial charge >= 0.3 is 11.6 Å². The van der Waals surface area contributed by atoms with E-state index in [-0.39, 0.29) is 10.6 Å². The van der Waals surface area contributed by atoms with Crippen molar-refractivity contribution in [2.75, 3.05) is 7.11 Å². The average Bonchev–Trinajstić information content (AvgIpc) is 2.67. The molecule has 0 bridgehead atoms. The van der Waals surface area contributed by atoms with Gasteiger partial charge in [0.25, 0.3) is 0 Å². The first-order valence-electron chi connectivity index (χ1n) is 7.81. The van der Waals surface area contributed by atoms with Crippen molar-refractivity contribution in [2.24, 2.45) is 0 Å². The Bertz CT molecular complexity index is 962. The molecule has 1 N–H and O–H groups in total. The van der Waals surface area contributed by atoms with E-state index in [4.69, 9.17) is 4.42 Å². The van der Waals surface area contributed by atoms with Gasteiger partial charge in [0.15, 0.2) is 0 Å². The average molecular weight is 368 g/mol. The van der Waals surface area contributed by atoms with E-state index in [0.29, 0.717) is 17.1 Å². The number of esters is 1. The Morgan fingerprint density at radius 2 is 1.81 bits per heavy atom. The molecule has 0 aliphatic carbocycles. The van der Waals surface area contributed by atoms with Gasteiger partial charge in [0.2, 0.25) is 0 Å². The maximum Gasteiger partial charge on any atom is 0.353 e. The Morgan fingerprint density at radius 1 is 1.12 bits per heavy atom. The highest BCUT2D eigenvalue weighted by Crippen LogP contribution is 2.31. The van der Waals surface area contributed by atoms with Crippen molar-refractivity contribution in [3.05, 3.63) is 82.2 Å². The SMILES string of the molecule is COC(=O)c1ccc(CSc2c(O)cc(-c3ccccc3)oc2=O)cc1. The molecule has 0 saturated heterocycles. The number of carbonyl (C=O) groups is 1. The number of aromatic hydroxyl groups is 1. The van der Waals surface area contributed by atoms with Crippen molar-refractivity contribution in [3.63, 3.8) is 0 Å². The van der Waals surface area contributed by atoms with Crippen molar-refractivity contribution in [3.8, 4) is 17.1 Å². The molecule has 0 aliphatic rings. The lowest BCUT2D eigenvalue weighted by atomic mass is 10.1. The summed E-state index contributed by atoms with van der Waals surface area (Å²) in [5.74, 6) is 0.250. The normalized spacial score (nSPS) is 10.5. The second kappa shape index (κ2) is 7.93. The summed E-state index contributed by atoms with van der Waals surface area (Å²) in [6, 6.07) is 17.4. The quantitative estimate of drug-likeness (QED) is 0.540. The topological polar surface area (TPSA) is 76.7 Å². The third kappa shape index (κ3) is 3.97. The van der Waals surface area contributed by atoms with Gasteiger partial charge in [0.05, 0.1) is 12.7 Å². The minimum absolute atomic E-state index is 0.115. The van der Waals surface area contributed by atoms with Gasteiger partial charge in [-0.25, -0.2) is 9.59 Å². The largest absolute Gasteiger partial charge is 0.506 e. The van der Waals surface area contributed by atoms with Gasteiger partial charge in [-0.2, -0.15) is 0 Å². The van der Waals surface area contributed by atoms with Crippen LogP contribution in [0.25, 0.3) is 11.3 Å². The van der Waals surface area contributed by atoms with Crippen molar-refractivity contribution >= 4 is 17.7 Å². The fraction of sp³-hybridized carbons (Fsp3) is 0.100. The van der Waals surface area contributed by atoms with E-state index in [1.54, 1.807) is 36.4 Å². The first-order chi connectivity index (χ1) is 12.6. The lowest BCUT2D eigenvalue weighted by Crippen LogP contribution is -2.03. The van der Waals surface area contributed by atoms with E-state index in [9.17, 15) is 14.7 Å². The molecule has 1 heterocycles. The third-order valence-corrected chi connectivity index (χ3v) is 4.85. The molecular formula is C20H16O5S. The molecule has 0 spiro atoms. The number of benzene rings is 2. The number of thioether (sulfide) groups is 1. The van der Waals surface area contributed by atoms with Gasteiger partial charge < -0.3 is 14.3 Å². The predicted molar refractivity (Wildman–Crippen MR) is 99.4 cm³/mol. The smallest absolute Gasteiger partial charge is 0.353 e. The highest BCUT2D eigenvalue weighted by atomic mass is 32.2. The zero-order valence-electron chi connectivity index (χ0n) is 14.0. The third-order valence-electron chi connectivity index (χ3n) is 3.71. The van der Waals surface area contributed by atoms with Crippen molar-refractivity contribution in [1.82, 2.24) is 0 Å². The molecule has 1 aromatic heterocycles. The Balaban J connectivity index is 1.76. The van der Waals surface area contributed by atoms with Crippen LogP contribution in [0.15, 0.2) is 74.8 Å². The van der Waals surface area contributed by atoms with Crippen LogP contribution in [-0.2, 0) is 10.5 Å². The lowest BCUT2D eigenvalue weighted by molar-refractivity contribution is 0.0600. The van der Waals surface area contributed by atoms with Crippen LogP contribution in [0.4, 0.5) is 0 Å². The summed E-state index contributed by atoms with van der Waals surface area (Å²) in [6.45, 7) is 0. The summed E-state index contributed by atoms with van der Waals surface area (Å²) in [7, 11) is 1.33. The maximum absolute atomic E-state index is 12.2. The highest BCUT2D eigenvalue weighted by molar-refractivity contribution is 7.98. The fourth-order valence-electron chi connectivity index (χ4n) is 2.36. The monoisotopic (exact) mass is 368 g/mol. The van der Waals surface area contributed by atoms with E-state index in [0.717, 1.165) is 11.1 Å². The second-order valence-corrected chi connectivity index (χ2v) is 6.44. The molecule has 3 rings (SSSR count). The summed E-state index contributed by atoms with van der Waals surface area (Å²) >= 11 is 1.18. The molecule has 0 fully saturated rings. The molecule has 6 heteroatoms. The van der Waals surface area contributed by atoms with E-state index in [2.05, 4.69) is 4.74 Å². The van der Waals surface area contributed by atoms with E-state index in [1.807, 2.05) is 18.2 Å². The molecule has 132 valence electrons. The Labute approximate surface area is 154 Å². The minimum atomic E-state index is -0.583. The minimum Gasteiger partial charge on any atom is -0.506 e. The second-order valence-electron chi connectivity index (χ2n) is 5.46. The van der Waals surface area contributed by atoms with Crippen LogP contribution in [0.2, 0.25) is 0 Å². The van der Waals surface area contributed by atoms with Gasteiger partial charge in [0, 0.05) is 17.4 Å². The molecule has 0 unspecified atom stereocenters. The van der Waals surface area contributed by atoms with Crippen LogP contribution in [0.1, 0.15) is 15.9 Å². The number of rotatable bonds is 5. The van der Waals surface area contributed by atoms with Crippen LogP contribution in [0.3, 0.4) is 0 Å². The number of methoxy groups -OCH3 is 1. The zero-order chi connectivity index (χ0) is 18.5. The van der Waals surface area contributed by atoms with Gasteiger partial charge in [-0.1, -0.05) is 42.5 Å². The molecule has 0 atom stereocenters. The molecular weight excluding hydrogens is 352 g/mol. The summed E-state index contributed by atoms with van der Waals surface area (Å²) in [4.78, 5) is 23.8.